The molecule has 4 rings (SSSR count). The largest absolute Gasteiger partial charge is 0.376 e. The van der Waals surface area contributed by atoms with E-state index in [-0.39, 0.29) is 12.0 Å². The lowest BCUT2D eigenvalue weighted by Crippen LogP contribution is -2.49. The first-order valence-corrected chi connectivity index (χ1v) is 9.58. The van der Waals surface area contributed by atoms with Gasteiger partial charge in [0.2, 0.25) is 0 Å². The molecular formula is C20H25N5O2. The molecule has 0 spiro atoms. The van der Waals surface area contributed by atoms with Crippen molar-refractivity contribution in [1.82, 2.24) is 15.1 Å². The maximum Gasteiger partial charge on any atom is 0.253 e. The number of carbonyl (C=O) groups excluding carboxylic acids is 1. The van der Waals surface area contributed by atoms with Crippen molar-refractivity contribution < 1.29 is 9.53 Å². The van der Waals surface area contributed by atoms with Gasteiger partial charge in [-0.15, -0.1) is 10.2 Å². The van der Waals surface area contributed by atoms with Crippen LogP contribution in [0.5, 0.6) is 0 Å². The Balaban J connectivity index is 1.28. The quantitative estimate of drug-likeness (QED) is 0.872. The summed E-state index contributed by atoms with van der Waals surface area (Å²) in [7, 11) is 0. The molecule has 0 bridgehead atoms. The molecule has 0 saturated carbocycles. The summed E-state index contributed by atoms with van der Waals surface area (Å²) in [5.74, 6) is 1.71. The maximum absolute atomic E-state index is 12.5. The average molecular weight is 367 g/mol. The van der Waals surface area contributed by atoms with Crippen LogP contribution in [0.2, 0.25) is 0 Å². The van der Waals surface area contributed by atoms with E-state index in [2.05, 4.69) is 20.4 Å². The van der Waals surface area contributed by atoms with Gasteiger partial charge in [-0.3, -0.25) is 4.79 Å². The van der Waals surface area contributed by atoms with Crippen LogP contribution < -0.4 is 10.2 Å². The number of ether oxygens (including phenoxy) is 1. The summed E-state index contributed by atoms with van der Waals surface area (Å²) in [6.07, 6.45) is 2.52. The molecule has 2 fully saturated rings. The number of hydrogen-bond donors (Lipinski definition) is 1. The van der Waals surface area contributed by atoms with Crippen LogP contribution in [0, 0.1) is 0 Å². The normalized spacial score (nSPS) is 19.9. The van der Waals surface area contributed by atoms with Gasteiger partial charge in [0.05, 0.1) is 6.10 Å². The van der Waals surface area contributed by atoms with Crippen molar-refractivity contribution in [2.75, 3.05) is 49.5 Å². The van der Waals surface area contributed by atoms with Gasteiger partial charge in [0.25, 0.3) is 5.91 Å². The Morgan fingerprint density at radius 1 is 1.07 bits per heavy atom. The fraction of sp³-hybridized carbons (Fsp3) is 0.450. The molecule has 1 aromatic carbocycles. The third-order valence-electron chi connectivity index (χ3n) is 5.10. The molecule has 2 aliphatic heterocycles. The monoisotopic (exact) mass is 367 g/mol. The van der Waals surface area contributed by atoms with E-state index >= 15 is 0 Å². The molecule has 1 atom stereocenters. The van der Waals surface area contributed by atoms with Crippen LogP contribution in [0.3, 0.4) is 0 Å². The molecule has 2 saturated heterocycles. The highest BCUT2D eigenvalue weighted by atomic mass is 16.5. The second-order valence-electron chi connectivity index (χ2n) is 6.94. The van der Waals surface area contributed by atoms with E-state index in [9.17, 15) is 4.79 Å². The Kier molecular flexibility index (Phi) is 5.48. The van der Waals surface area contributed by atoms with Crippen molar-refractivity contribution in [3.8, 4) is 0 Å². The molecule has 0 aliphatic carbocycles. The Morgan fingerprint density at radius 3 is 2.56 bits per heavy atom. The number of piperazine rings is 1. The molecule has 27 heavy (non-hydrogen) atoms. The molecule has 0 radical (unpaired) electrons. The zero-order valence-corrected chi connectivity index (χ0v) is 15.4. The minimum atomic E-state index is 0.0926. The summed E-state index contributed by atoms with van der Waals surface area (Å²) in [4.78, 5) is 16.6. The van der Waals surface area contributed by atoms with Crippen molar-refractivity contribution >= 4 is 17.5 Å². The predicted molar refractivity (Wildman–Crippen MR) is 104 cm³/mol. The summed E-state index contributed by atoms with van der Waals surface area (Å²) in [6.45, 7) is 4.53. The molecular weight excluding hydrogens is 342 g/mol. The Hall–Kier alpha value is -2.67. The number of hydrogen-bond acceptors (Lipinski definition) is 6. The van der Waals surface area contributed by atoms with E-state index in [1.807, 2.05) is 47.4 Å². The van der Waals surface area contributed by atoms with Gasteiger partial charge >= 0.3 is 0 Å². The Bertz CT molecular complexity index is 739. The molecule has 1 N–H and O–H groups in total. The van der Waals surface area contributed by atoms with E-state index in [1.165, 1.54) is 0 Å². The topological polar surface area (TPSA) is 70.6 Å². The smallest absolute Gasteiger partial charge is 0.253 e. The highest BCUT2D eigenvalue weighted by molar-refractivity contribution is 5.94. The molecule has 2 aromatic rings. The number of rotatable bonds is 5. The number of amides is 1. The third kappa shape index (κ3) is 4.36. The summed E-state index contributed by atoms with van der Waals surface area (Å²) in [6, 6.07) is 13.4. The van der Waals surface area contributed by atoms with Gasteiger partial charge in [-0.1, -0.05) is 18.2 Å². The first-order chi connectivity index (χ1) is 13.3. The van der Waals surface area contributed by atoms with Gasteiger partial charge in [-0.2, -0.15) is 0 Å². The van der Waals surface area contributed by atoms with Gasteiger partial charge in [0.15, 0.2) is 5.82 Å². The second-order valence-corrected chi connectivity index (χ2v) is 6.94. The summed E-state index contributed by atoms with van der Waals surface area (Å²) in [5.41, 5.74) is 0.743. The number of nitrogens with zero attached hydrogens (tertiary/aromatic N) is 4. The fourth-order valence-corrected chi connectivity index (χ4v) is 3.51. The van der Waals surface area contributed by atoms with Crippen molar-refractivity contribution in [3.05, 3.63) is 48.0 Å². The maximum atomic E-state index is 12.5. The van der Waals surface area contributed by atoms with E-state index in [1.54, 1.807) is 0 Å². The standard InChI is InChI=1S/C20H25N5O2/c26-20(16-5-2-1-3-6-16)25-12-10-24(11-13-25)19-9-8-18(22-23-19)21-15-17-7-4-14-27-17/h1-3,5-6,8-9,17H,4,7,10-15H2,(H,21,22). The predicted octanol–water partition coefficient (Wildman–Crippen LogP) is 2.03. The van der Waals surface area contributed by atoms with Crippen LogP contribution in [-0.2, 0) is 4.74 Å². The Morgan fingerprint density at radius 2 is 1.89 bits per heavy atom. The number of anilines is 2. The highest BCUT2D eigenvalue weighted by Crippen LogP contribution is 2.17. The van der Waals surface area contributed by atoms with Crippen molar-refractivity contribution in [2.24, 2.45) is 0 Å². The molecule has 2 aliphatic rings. The first-order valence-electron chi connectivity index (χ1n) is 9.58. The number of aromatic nitrogens is 2. The van der Waals surface area contributed by atoms with Crippen molar-refractivity contribution in [3.63, 3.8) is 0 Å². The van der Waals surface area contributed by atoms with Crippen LogP contribution in [0.15, 0.2) is 42.5 Å². The summed E-state index contributed by atoms with van der Waals surface area (Å²) < 4.78 is 5.60. The zero-order chi connectivity index (χ0) is 18.5. The summed E-state index contributed by atoms with van der Waals surface area (Å²) >= 11 is 0. The van der Waals surface area contributed by atoms with E-state index in [0.717, 1.165) is 56.3 Å². The lowest BCUT2D eigenvalue weighted by molar-refractivity contribution is 0.0746. The Labute approximate surface area is 159 Å². The number of carbonyl (C=O) groups is 1. The molecule has 3 heterocycles. The lowest BCUT2D eigenvalue weighted by atomic mass is 10.2. The number of benzene rings is 1. The molecule has 1 amide bonds. The molecule has 7 nitrogen and oxygen atoms in total. The van der Waals surface area contributed by atoms with Crippen LogP contribution >= 0.6 is 0 Å². The minimum Gasteiger partial charge on any atom is -0.376 e. The first kappa shape index (κ1) is 17.7. The molecule has 1 aromatic heterocycles. The van der Waals surface area contributed by atoms with Gasteiger partial charge < -0.3 is 19.9 Å². The van der Waals surface area contributed by atoms with E-state index in [0.29, 0.717) is 13.1 Å². The van der Waals surface area contributed by atoms with Gasteiger partial charge in [-0.05, 0) is 37.1 Å². The van der Waals surface area contributed by atoms with Crippen molar-refractivity contribution in [2.45, 2.75) is 18.9 Å². The molecule has 142 valence electrons. The van der Waals surface area contributed by atoms with Crippen LogP contribution in [0.1, 0.15) is 23.2 Å². The third-order valence-corrected chi connectivity index (χ3v) is 5.10. The zero-order valence-electron chi connectivity index (χ0n) is 15.4. The van der Waals surface area contributed by atoms with Crippen LogP contribution in [0.25, 0.3) is 0 Å². The van der Waals surface area contributed by atoms with Gasteiger partial charge in [0, 0.05) is 44.9 Å². The van der Waals surface area contributed by atoms with E-state index in [4.69, 9.17) is 4.74 Å². The van der Waals surface area contributed by atoms with Gasteiger partial charge in [-0.25, -0.2) is 0 Å². The lowest BCUT2D eigenvalue weighted by Gasteiger charge is -2.35. The van der Waals surface area contributed by atoms with E-state index < -0.39 is 0 Å². The SMILES string of the molecule is O=C(c1ccccc1)N1CCN(c2ccc(NCC3CCCO3)nn2)CC1. The van der Waals surface area contributed by atoms with Crippen LogP contribution in [0.4, 0.5) is 11.6 Å². The fourth-order valence-electron chi connectivity index (χ4n) is 3.51. The second kappa shape index (κ2) is 8.35. The van der Waals surface area contributed by atoms with Gasteiger partial charge in [0.1, 0.15) is 5.82 Å². The molecule has 7 heteroatoms. The van der Waals surface area contributed by atoms with Crippen molar-refractivity contribution in [1.29, 1.82) is 0 Å². The van der Waals surface area contributed by atoms with Crippen LogP contribution in [-0.4, -0.2) is 66.4 Å². The molecule has 1 unspecified atom stereocenters. The minimum absolute atomic E-state index is 0.0926. The summed E-state index contributed by atoms with van der Waals surface area (Å²) in [5, 5.41) is 11.9. The number of nitrogens with one attached hydrogen (secondary N) is 1. The highest BCUT2D eigenvalue weighted by Gasteiger charge is 2.23. The average Bonchev–Trinajstić information content (AvgIpc) is 3.27.